The summed E-state index contributed by atoms with van der Waals surface area (Å²) in [6.45, 7) is -0.101. The zero-order chi connectivity index (χ0) is 13.9. The van der Waals surface area contributed by atoms with Crippen LogP contribution in [0.1, 0.15) is 6.42 Å². The Morgan fingerprint density at radius 2 is 2.11 bits per heavy atom. The first-order valence-electron chi connectivity index (χ1n) is 4.89. The van der Waals surface area contributed by atoms with Crippen molar-refractivity contribution in [2.75, 3.05) is 13.6 Å². The van der Waals surface area contributed by atoms with Crippen molar-refractivity contribution in [3.8, 4) is 0 Å². The lowest BCUT2D eigenvalue weighted by atomic mass is 10.4. The summed E-state index contributed by atoms with van der Waals surface area (Å²) in [5.41, 5.74) is 0. The lowest BCUT2D eigenvalue weighted by Crippen LogP contribution is -2.29. The second-order valence-electron chi connectivity index (χ2n) is 3.52. The lowest BCUT2D eigenvalue weighted by Gasteiger charge is -2.17. The number of nitrogens with zero attached hydrogens (tertiary/aromatic N) is 1. The number of aliphatic carboxylic acids is 1. The lowest BCUT2D eigenvalue weighted by molar-refractivity contribution is -0.137. The van der Waals surface area contributed by atoms with Crippen LogP contribution in [0.25, 0.3) is 0 Å². The minimum absolute atomic E-state index is 0.0166. The first-order chi connectivity index (χ1) is 8.26. The number of rotatable bonds is 5. The molecule has 18 heavy (non-hydrogen) atoms. The number of sulfonamides is 1. The molecule has 0 amide bonds. The van der Waals surface area contributed by atoms with Crippen molar-refractivity contribution in [2.45, 2.75) is 11.3 Å². The van der Waals surface area contributed by atoms with Crippen molar-refractivity contribution in [3.05, 3.63) is 27.7 Å². The highest BCUT2D eigenvalue weighted by Crippen LogP contribution is 2.30. The fourth-order valence-corrected chi connectivity index (χ4v) is 3.59. The summed E-state index contributed by atoms with van der Waals surface area (Å²) >= 11 is 8.94. The molecule has 0 saturated heterocycles. The number of carboxylic acid groups (broad SMARTS) is 1. The predicted octanol–water partition coefficient (Wildman–Crippen LogP) is 2.20. The van der Waals surface area contributed by atoms with Crippen molar-refractivity contribution >= 4 is 43.5 Å². The van der Waals surface area contributed by atoms with Gasteiger partial charge in [-0.05, 0) is 28.1 Å². The molecule has 100 valence electrons. The Balaban J connectivity index is 3.06. The maximum Gasteiger partial charge on any atom is 0.304 e. The molecule has 0 unspecified atom stereocenters. The Bertz CT molecular complexity index is 561. The van der Waals surface area contributed by atoms with Crippen molar-refractivity contribution in [2.24, 2.45) is 0 Å². The van der Waals surface area contributed by atoms with Crippen LogP contribution in [0, 0.1) is 0 Å². The molecule has 0 aromatic heterocycles. The van der Waals surface area contributed by atoms with E-state index >= 15 is 0 Å². The summed E-state index contributed by atoms with van der Waals surface area (Å²) < 4.78 is 25.6. The summed E-state index contributed by atoms with van der Waals surface area (Å²) in [5, 5.41) is 8.83. The van der Waals surface area contributed by atoms with Gasteiger partial charge in [0.1, 0.15) is 0 Å². The van der Waals surface area contributed by atoms with Crippen LogP contribution in [-0.2, 0) is 14.8 Å². The molecule has 0 atom stereocenters. The maximum absolute atomic E-state index is 12.2. The third kappa shape index (κ3) is 3.44. The van der Waals surface area contributed by atoms with Gasteiger partial charge in [0.05, 0.1) is 20.8 Å². The number of halogens is 2. The predicted molar refractivity (Wildman–Crippen MR) is 71.2 cm³/mol. The van der Waals surface area contributed by atoms with Gasteiger partial charge in [-0.1, -0.05) is 17.7 Å². The second-order valence-corrected chi connectivity index (χ2v) is 6.74. The SMILES string of the molecule is CN(CCC(=O)O)S(=O)(=O)c1cccc(Cl)c1Br. The molecule has 0 aliphatic carbocycles. The highest BCUT2D eigenvalue weighted by molar-refractivity contribution is 9.10. The third-order valence-corrected chi connectivity index (χ3v) is 5.80. The molecule has 0 saturated carbocycles. The average molecular weight is 357 g/mol. The molecule has 1 rings (SSSR count). The highest BCUT2D eigenvalue weighted by atomic mass is 79.9. The molecule has 8 heteroatoms. The van der Waals surface area contributed by atoms with E-state index in [4.69, 9.17) is 16.7 Å². The summed E-state index contributed by atoms with van der Waals surface area (Å²) in [5.74, 6) is -1.05. The van der Waals surface area contributed by atoms with Crippen molar-refractivity contribution in [1.82, 2.24) is 4.31 Å². The van der Waals surface area contributed by atoms with Gasteiger partial charge in [0, 0.05) is 13.6 Å². The van der Waals surface area contributed by atoms with Gasteiger partial charge < -0.3 is 5.11 Å². The molecule has 1 N–H and O–H groups in total. The standard InChI is InChI=1S/C10H11BrClNO4S/c1-13(6-5-9(14)15)18(16,17)8-4-2-3-7(12)10(8)11/h2-4H,5-6H2,1H3,(H,14,15). The Hall–Kier alpha value is -0.630. The van der Waals surface area contributed by atoms with Crippen LogP contribution in [0.15, 0.2) is 27.6 Å². The first kappa shape index (κ1) is 15.4. The summed E-state index contributed by atoms with van der Waals surface area (Å²) in [7, 11) is -2.42. The van der Waals surface area contributed by atoms with Crippen molar-refractivity contribution < 1.29 is 18.3 Å². The second kappa shape index (κ2) is 6.01. The van der Waals surface area contributed by atoms with E-state index in [9.17, 15) is 13.2 Å². The van der Waals surface area contributed by atoms with Crippen LogP contribution >= 0.6 is 27.5 Å². The molecular formula is C10H11BrClNO4S. The Morgan fingerprint density at radius 3 is 2.67 bits per heavy atom. The largest absolute Gasteiger partial charge is 0.481 e. The molecule has 0 heterocycles. The molecule has 0 spiro atoms. The van der Waals surface area contributed by atoms with E-state index < -0.39 is 16.0 Å². The quantitative estimate of drug-likeness (QED) is 0.877. The Morgan fingerprint density at radius 1 is 1.50 bits per heavy atom. The smallest absolute Gasteiger partial charge is 0.304 e. The Kier molecular flexibility index (Phi) is 5.15. The summed E-state index contributed by atoms with van der Waals surface area (Å²) in [4.78, 5) is 10.5. The fourth-order valence-electron chi connectivity index (χ4n) is 1.22. The van der Waals surface area contributed by atoms with Crippen LogP contribution in [0.2, 0.25) is 5.02 Å². The van der Waals surface area contributed by atoms with Crippen molar-refractivity contribution in [3.63, 3.8) is 0 Å². The van der Waals surface area contributed by atoms with Crippen molar-refractivity contribution in [1.29, 1.82) is 0 Å². The molecule has 0 fully saturated rings. The minimum Gasteiger partial charge on any atom is -0.481 e. The molecular weight excluding hydrogens is 346 g/mol. The van der Waals surface area contributed by atoms with E-state index in [0.717, 1.165) is 4.31 Å². The number of carbonyl (C=O) groups is 1. The number of carboxylic acids is 1. The molecule has 5 nitrogen and oxygen atoms in total. The van der Waals surface area contributed by atoms with E-state index in [2.05, 4.69) is 15.9 Å². The van der Waals surface area contributed by atoms with Gasteiger partial charge in [-0.2, -0.15) is 0 Å². The van der Waals surface area contributed by atoms with Gasteiger partial charge in [0.25, 0.3) is 0 Å². The van der Waals surface area contributed by atoms with E-state index in [-0.39, 0.29) is 27.4 Å². The van der Waals surface area contributed by atoms with E-state index in [1.807, 2.05) is 0 Å². The van der Waals surface area contributed by atoms with Gasteiger partial charge in [0.15, 0.2) is 0 Å². The number of benzene rings is 1. The van der Waals surface area contributed by atoms with Crippen LogP contribution < -0.4 is 0 Å². The van der Waals surface area contributed by atoms with Crippen LogP contribution in [0.4, 0.5) is 0 Å². The minimum atomic E-state index is -3.75. The number of hydrogen-bond acceptors (Lipinski definition) is 3. The zero-order valence-electron chi connectivity index (χ0n) is 9.43. The van der Waals surface area contributed by atoms with Crippen LogP contribution in [0.5, 0.6) is 0 Å². The summed E-state index contributed by atoms with van der Waals surface area (Å²) in [6.07, 6.45) is -0.256. The van der Waals surface area contributed by atoms with Crippen LogP contribution in [0.3, 0.4) is 0 Å². The average Bonchev–Trinajstić information content (AvgIpc) is 2.29. The fraction of sp³-hybridized carbons (Fsp3) is 0.300. The van der Waals surface area contributed by atoms with E-state index in [1.165, 1.54) is 19.2 Å². The molecule has 0 radical (unpaired) electrons. The van der Waals surface area contributed by atoms with Gasteiger partial charge in [-0.3, -0.25) is 4.79 Å². The molecule has 0 aliphatic rings. The van der Waals surface area contributed by atoms with E-state index in [0.29, 0.717) is 0 Å². The van der Waals surface area contributed by atoms with Gasteiger partial charge in [-0.15, -0.1) is 0 Å². The number of hydrogen-bond donors (Lipinski definition) is 1. The zero-order valence-corrected chi connectivity index (χ0v) is 12.6. The van der Waals surface area contributed by atoms with Gasteiger partial charge in [-0.25, -0.2) is 12.7 Å². The van der Waals surface area contributed by atoms with Crippen LogP contribution in [-0.4, -0.2) is 37.4 Å². The van der Waals surface area contributed by atoms with E-state index in [1.54, 1.807) is 6.07 Å². The molecule has 1 aromatic carbocycles. The topological polar surface area (TPSA) is 74.7 Å². The normalized spacial score (nSPS) is 11.8. The first-order valence-corrected chi connectivity index (χ1v) is 7.50. The maximum atomic E-state index is 12.2. The third-order valence-electron chi connectivity index (χ3n) is 2.24. The highest BCUT2D eigenvalue weighted by Gasteiger charge is 2.24. The Labute approximate surface area is 119 Å². The monoisotopic (exact) mass is 355 g/mol. The molecule has 0 bridgehead atoms. The van der Waals surface area contributed by atoms with Gasteiger partial charge >= 0.3 is 5.97 Å². The van der Waals surface area contributed by atoms with Gasteiger partial charge in [0.2, 0.25) is 10.0 Å². The molecule has 1 aromatic rings. The summed E-state index contributed by atoms with van der Waals surface area (Å²) in [6, 6.07) is 4.48. The molecule has 0 aliphatic heterocycles.